The molecule has 108 valence electrons. The lowest BCUT2D eigenvalue weighted by molar-refractivity contribution is 0.368. The van der Waals surface area contributed by atoms with Gasteiger partial charge in [0.25, 0.3) is 5.88 Å². The Labute approximate surface area is 121 Å². The topological polar surface area (TPSA) is 80.1 Å². The molecule has 0 fully saturated rings. The standard InChI is InChI=1S/C14H13FN4O2/c1-3-17-13-12(20-2)14(19-8-18-13)21-10-5-4-9(7-16)11(15)6-10/h4-6,8H,3H2,1-2H3,(H,17,18,19). The zero-order valence-electron chi connectivity index (χ0n) is 11.6. The largest absolute Gasteiger partial charge is 0.489 e. The maximum atomic E-state index is 13.6. The minimum Gasteiger partial charge on any atom is -0.489 e. The quantitative estimate of drug-likeness (QED) is 0.911. The van der Waals surface area contributed by atoms with E-state index in [1.807, 2.05) is 6.92 Å². The van der Waals surface area contributed by atoms with Crippen LogP contribution < -0.4 is 14.8 Å². The number of nitrogens with zero attached hydrogens (tertiary/aromatic N) is 3. The number of hydrogen-bond donors (Lipinski definition) is 1. The van der Waals surface area contributed by atoms with Crippen LogP contribution in [-0.2, 0) is 0 Å². The molecule has 21 heavy (non-hydrogen) atoms. The van der Waals surface area contributed by atoms with Crippen molar-refractivity contribution in [2.75, 3.05) is 19.0 Å². The summed E-state index contributed by atoms with van der Waals surface area (Å²) >= 11 is 0. The molecule has 0 unspecified atom stereocenters. The van der Waals surface area contributed by atoms with E-state index in [1.54, 1.807) is 6.07 Å². The van der Waals surface area contributed by atoms with Gasteiger partial charge in [-0.15, -0.1) is 0 Å². The Bertz CT molecular complexity index is 685. The summed E-state index contributed by atoms with van der Waals surface area (Å²) in [6.45, 7) is 2.57. The maximum absolute atomic E-state index is 13.6. The van der Waals surface area contributed by atoms with Crippen molar-refractivity contribution in [2.45, 2.75) is 6.92 Å². The Morgan fingerprint density at radius 1 is 1.38 bits per heavy atom. The first kappa shape index (κ1) is 14.5. The summed E-state index contributed by atoms with van der Waals surface area (Å²) < 4.78 is 24.3. The second-order valence-electron chi connectivity index (χ2n) is 3.95. The normalized spacial score (nSPS) is 9.81. The van der Waals surface area contributed by atoms with Gasteiger partial charge in [0, 0.05) is 12.6 Å². The molecule has 0 bridgehead atoms. The molecule has 0 aliphatic heterocycles. The molecule has 0 radical (unpaired) electrons. The van der Waals surface area contributed by atoms with Gasteiger partial charge in [0.05, 0.1) is 12.7 Å². The van der Waals surface area contributed by atoms with E-state index in [0.717, 1.165) is 6.07 Å². The van der Waals surface area contributed by atoms with E-state index in [2.05, 4.69) is 15.3 Å². The number of nitrogens with one attached hydrogen (secondary N) is 1. The van der Waals surface area contributed by atoms with Crippen molar-refractivity contribution in [1.82, 2.24) is 9.97 Å². The van der Waals surface area contributed by atoms with Crippen molar-refractivity contribution in [2.24, 2.45) is 0 Å². The van der Waals surface area contributed by atoms with Crippen molar-refractivity contribution < 1.29 is 13.9 Å². The molecule has 0 spiro atoms. The molecule has 0 aliphatic carbocycles. The predicted octanol–water partition coefficient (Wildman–Crippen LogP) is 2.72. The van der Waals surface area contributed by atoms with E-state index in [0.29, 0.717) is 18.1 Å². The summed E-state index contributed by atoms with van der Waals surface area (Å²) in [7, 11) is 1.46. The summed E-state index contributed by atoms with van der Waals surface area (Å²) in [5.41, 5.74) is -0.0506. The molecule has 0 amide bonds. The highest BCUT2D eigenvalue weighted by molar-refractivity contribution is 5.56. The van der Waals surface area contributed by atoms with Gasteiger partial charge in [-0.2, -0.15) is 10.2 Å². The van der Waals surface area contributed by atoms with Gasteiger partial charge in [0.15, 0.2) is 5.82 Å². The Balaban J connectivity index is 2.33. The molecule has 6 nitrogen and oxygen atoms in total. The number of nitriles is 1. The molecule has 2 aromatic rings. The molecular formula is C14H13FN4O2. The molecular weight excluding hydrogens is 275 g/mol. The molecule has 0 atom stereocenters. The first-order valence-electron chi connectivity index (χ1n) is 6.20. The van der Waals surface area contributed by atoms with Crippen molar-refractivity contribution >= 4 is 5.82 Å². The van der Waals surface area contributed by atoms with E-state index < -0.39 is 5.82 Å². The molecule has 1 heterocycles. The lowest BCUT2D eigenvalue weighted by Crippen LogP contribution is -2.04. The Hall–Kier alpha value is -2.88. The average Bonchev–Trinajstić information content (AvgIpc) is 2.48. The first-order valence-corrected chi connectivity index (χ1v) is 6.20. The van der Waals surface area contributed by atoms with Crippen LogP contribution in [0.1, 0.15) is 12.5 Å². The van der Waals surface area contributed by atoms with Crippen LogP contribution in [-0.4, -0.2) is 23.6 Å². The van der Waals surface area contributed by atoms with Crippen molar-refractivity contribution in [3.05, 3.63) is 35.9 Å². The second kappa shape index (κ2) is 6.52. The molecule has 1 aromatic heterocycles. The lowest BCUT2D eigenvalue weighted by Gasteiger charge is -2.12. The molecule has 0 saturated carbocycles. The number of methoxy groups -OCH3 is 1. The monoisotopic (exact) mass is 288 g/mol. The third-order valence-corrected chi connectivity index (χ3v) is 2.60. The van der Waals surface area contributed by atoms with Gasteiger partial charge in [-0.05, 0) is 19.1 Å². The second-order valence-corrected chi connectivity index (χ2v) is 3.95. The minimum atomic E-state index is -0.657. The first-order chi connectivity index (χ1) is 10.2. The zero-order valence-corrected chi connectivity index (χ0v) is 11.6. The fourth-order valence-electron chi connectivity index (χ4n) is 1.67. The molecule has 7 heteroatoms. The van der Waals surface area contributed by atoms with Gasteiger partial charge in [0.2, 0.25) is 5.75 Å². The van der Waals surface area contributed by atoms with E-state index in [-0.39, 0.29) is 17.2 Å². The SMILES string of the molecule is CCNc1ncnc(Oc2ccc(C#N)c(F)c2)c1OC. The predicted molar refractivity (Wildman–Crippen MR) is 73.9 cm³/mol. The van der Waals surface area contributed by atoms with E-state index >= 15 is 0 Å². The minimum absolute atomic E-state index is 0.0506. The average molecular weight is 288 g/mol. The summed E-state index contributed by atoms with van der Waals surface area (Å²) in [6, 6.07) is 5.68. The Morgan fingerprint density at radius 3 is 2.81 bits per heavy atom. The van der Waals surface area contributed by atoms with Gasteiger partial charge in [-0.25, -0.2) is 9.37 Å². The summed E-state index contributed by atoms with van der Waals surface area (Å²) in [6.07, 6.45) is 1.32. The van der Waals surface area contributed by atoms with Crippen LogP contribution in [0.25, 0.3) is 0 Å². The van der Waals surface area contributed by atoms with Gasteiger partial charge < -0.3 is 14.8 Å². The van der Waals surface area contributed by atoms with Crippen LogP contribution in [0.4, 0.5) is 10.2 Å². The van der Waals surface area contributed by atoms with Gasteiger partial charge >= 0.3 is 0 Å². The van der Waals surface area contributed by atoms with Crippen LogP contribution in [0, 0.1) is 17.1 Å². The zero-order chi connectivity index (χ0) is 15.2. The summed E-state index contributed by atoms with van der Waals surface area (Å²) in [5, 5.41) is 11.7. The lowest BCUT2D eigenvalue weighted by atomic mass is 10.2. The number of rotatable bonds is 5. The highest BCUT2D eigenvalue weighted by atomic mass is 19.1. The fraction of sp³-hybridized carbons (Fsp3) is 0.214. The fourth-order valence-corrected chi connectivity index (χ4v) is 1.67. The van der Waals surface area contributed by atoms with Crippen molar-refractivity contribution in [3.63, 3.8) is 0 Å². The summed E-state index contributed by atoms with van der Waals surface area (Å²) in [5.74, 6) is 0.525. The molecule has 0 saturated heterocycles. The van der Waals surface area contributed by atoms with Crippen LogP contribution >= 0.6 is 0 Å². The Morgan fingerprint density at radius 2 is 2.19 bits per heavy atom. The van der Waals surface area contributed by atoms with Crippen LogP contribution in [0.3, 0.4) is 0 Å². The van der Waals surface area contributed by atoms with Crippen LogP contribution in [0.2, 0.25) is 0 Å². The molecule has 0 aliphatic rings. The van der Waals surface area contributed by atoms with Gasteiger partial charge in [0.1, 0.15) is 24.0 Å². The van der Waals surface area contributed by atoms with E-state index in [9.17, 15) is 4.39 Å². The number of benzene rings is 1. The maximum Gasteiger partial charge on any atom is 0.268 e. The van der Waals surface area contributed by atoms with Crippen molar-refractivity contribution in [3.8, 4) is 23.4 Å². The number of ether oxygens (including phenoxy) is 2. The summed E-state index contributed by atoms with van der Waals surface area (Å²) in [4.78, 5) is 8.02. The number of anilines is 1. The molecule has 2 rings (SSSR count). The van der Waals surface area contributed by atoms with E-state index in [1.165, 1.54) is 25.6 Å². The highest BCUT2D eigenvalue weighted by Crippen LogP contribution is 2.34. The third-order valence-electron chi connectivity index (χ3n) is 2.60. The van der Waals surface area contributed by atoms with Gasteiger partial charge in [-0.1, -0.05) is 0 Å². The number of hydrogen-bond acceptors (Lipinski definition) is 6. The molecule has 1 N–H and O–H groups in total. The third kappa shape index (κ3) is 3.17. The van der Waals surface area contributed by atoms with E-state index in [4.69, 9.17) is 14.7 Å². The molecule has 1 aromatic carbocycles. The number of aromatic nitrogens is 2. The van der Waals surface area contributed by atoms with Crippen LogP contribution in [0.5, 0.6) is 17.4 Å². The Kier molecular flexibility index (Phi) is 4.51. The smallest absolute Gasteiger partial charge is 0.268 e. The van der Waals surface area contributed by atoms with Crippen molar-refractivity contribution in [1.29, 1.82) is 5.26 Å². The van der Waals surface area contributed by atoms with Crippen LogP contribution in [0.15, 0.2) is 24.5 Å². The van der Waals surface area contributed by atoms with Gasteiger partial charge in [-0.3, -0.25) is 0 Å². The highest BCUT2D eigenvalue weighted by Gasteiger charge is 2.14. The number of halogens is 1.